The van der Waals surface area contributed by atoms with E-state index in [-0.39, 0.29) is 5.75 Å². The number of nitrogens with zero attached hydrogens (tertiary/aromatic N) is 2. The number of hydrogen-bond donors (Lipinski definition) is 2. The number of nitrogens with one attached hydrogen (secondary N) is 2. The Morgan fingerprint density at radius 1 is 1.25 bits per heavy atom. The fourth-order valence-electron chi connectivity index (χ4n) is 1.80. The van der Waals surface area contributed by atoms with E-state index in [4.69, 9.17) is 4.74 Å². The highest BCUT2D eigenvalue weighted by molar-refractivity contribution is 5.65. The van der Waals surface area contributed by atoms with Crippen LogP contribution >= 0.6 is 0 Å². The fraction of sp³-hybridized carbons (Fsp3) is 0.286. The van der Waals surface area contributed by atoms with Crippen LogP contribution in [0, 0.1) is 12.7 Å². The molecule has 0 radical (unpaired) electrons. The number of anilines is 3. The molecule has 20 heavy (non-hydrogen) atoms. The highest BCUT2D eigenvalue weighted by Crippen LogP contribution is 2.26. The zero-order valence-electron chi connectivity index (χ0n) is 11.7. The highest BCUT2D eigenvalue weighted by Gasteiger charge is 2.08. The lowest BCUT2D eigenvalue weighted by Gasteiger charge is -2.12. The summed E-state index contributed by atoms with van der Waals surface area (Å²) in [4.78, 5) is 8.37. The van der Waals surface area contributed by atoms with Crippen LogP contribution in [0.25, 0.3) is 0 Å². The van der Waals surface area contributed by atoms with E-state index in [1.165, 1.54) is 19.5 Å². The van der Waals surface area contributed by atoms with Crippen LogP contribution in [0.5, 0.6) is 5.75 Å². The largest absolute Gasteiger partial charge is 0.494 e. The minimum atomic E-state index is -0.397. The molecule has 0 unspecified atom stereocenters. The van der Waals surface area contributed by atoms with Gasteiger partial charge in [0, 0.05) is 23.9 Å². The van der Waals surface area contributed by atoms with Gasteiger partial charge in [0.15, 0.2) is 11.6 Å². The van der Waals surface area contributed by atoms with Crippen molar-refractivity contribution in [2.75, 3.05) is 24.3 Å². The van der Waals surface area contributed by atoms with Gasteiger partial charge in [0.25, 0.3) is 0 Å². The minimum absolute atomic E-state index is 0.189. The zero-order chi connectivity index (χ0) is 14.5. The van der Waals surface area contributed by atoms with E-state index in [0.29, 0.717) is 11.5 Å². The number of aromatic nitrogens is 2. The van der Waals surface area contributed by atoms with Gasteiger partial charge in [-0.15, -0.1) is 0 Å². The van der Waals surface area contributed by atoms with Crippen molar-refractivity contribution in [1.82, 2.24) is 9.97 Å². The van der Waals surface area contributed by atoms with Crippen LogP contribution in [-0.2, 0) is 0 Å². The van der Waals surface area contributed by atoms with Gasteiger partial charge in [0.05, 0.1) is 7.11 Å². The molecule has 0 fully saturated rings. The van der Waals surface area contributed by atoms with E-state index in [1.807, 2.05) is 13.8 Å². The molecule has 2 N–H and O–H groups in total. The maximum Gasteiger partial charge on any atom is 0.165 e. The van der Waals surface area contributed by atoms with Crippen LogP contribution in [0.2, 0.25) is 0 Å². The summed E-state index contributed by atoms with van der Waals surface area (Å²) >= 11 is 0. The first-order valence-electron chi connectivity index (χ1n) is 6.31. The summed E-state index contributed by atoms with van der Waals surface area (Å²) in [5, 5.41) is 6.29. The molecule has 1 aromatic carbocycles. The van der Waals surface area contributed by atoms with Crippen molar-refractivity contribution in [3.8, 4) is 5.75 Å². The number of benzene rings is 1. The molecule has 0 atom stereocenters. The van der Waals surface area contributed by atoms with Crippen molar-refractivity contribution in [2.45, 2.75) is 13.8 Å². The van der Waals surface area contributed by atoms with Crippen LogP contribution in [0.1, 0.15) is 12.5 Å². The topological polar surface area (TPSA) is 59.1 Å². The Hall–Kier alpha value is -2.37. The first kappa shape index (κ1) is 14.0. The summed E-state index contributed by atoms with van der Waals surface area (Å²) in [5.74, 6) is 1.24. The van der Waals surface area contributed by atoms with Crippen LogP contribution < -0.4 is 15.4 Å². The molecule has 1 heterocycles. The van der Waals surface area contributed by atoms with Gasteiger partial charge >= 0.3 is 0 Å². The van der Waals surface area contributed by atoms with E-state index in [2.05, 4.69) is 20.6 Å². The molecule has 0 aliphatic rings. The molecule has 0 saturated carbocycles. The first-order chi connectivity index (χ1) is 9.65. The zero-order valence-corrected chi connectivity index (χ0v) is 11.7. The monoisotopic (exact) mass is 276 g/mol. The first-order valence-corrected chi connectivity index (χ1v) is 6.31. The lowest BCUT2D eigenvalue weighted by Crippen LogP contribution is -2.05. The van der Waals surface area contributed by atoms with Gasteiger partial charge in [-0.1, -0.05) is 0 Å². The number of rotatable bonds is 5. The number of halogens is 1. The lowest BCUT2D eigenvalue weighted by molar-refractivity contribution is 0.387. The molecule has 106 valence electrons. The molecule has 0 aliphatic heterocycles. The Labute approximate surface area is 117 Å². The van der Waals surface area contributed by atoms with E-state index < -0.39 is 5.82 Å². The molecule has 0 bridgehead atoms. The average Bonchev–Trinajstić information content (AvgIpc) is 2.45. The SMILES string of the molecule is CCNc1ncnc(Nc2ccc(F)c(OC)c2)c1C. The Kier molecular flexibility index (Phi) is 4.34. The number of hydrogen-bond acceptors (Lipinski definition) is 5. The van der Waals surface area contributed by atoms with Crippen LogP contribution in [-0.4, -0.2) is 23.6 Å². The predicted molar refractivity (Wildman–Crippen MR) is 77.2 cm³/mol. The van der Waals surface area contributed by atoms with Gasteiger partial charge in [0.1, 0.15) is 18.0 Å². The van der Waals surface area contributed by atoms with Crippen LogP contribution in [0.4, 0.5) is 21.7 Å². The second-order valence-corrected chi connectivity index (χ2v) is 4.20. The van der Waals surface area contributed by atoms with E-state index >= 15 is 0 Å². The molecule has 5 nitrogen and oxygen atoms in total. The molecule has 1 aromatic heterocycles. The summed E-state index contributed by atoms with van der Waals surface area (Å²) in [6, 6.07) is 4.57. The van der Waals surface area contributed by atoms with Gasteiger partial charge in [0.2, 0.25) is 0 Å². The van der Waals surface area contributed by atoms with Crippen molar-refractivity contribution < 1.29 is 9.13 Å². The molecule has 2 rings (SSSR count). The van der Waals surface area contributed by atoms with Gasteiger partial charge in [-0.3, -0.25) is 0 Å². The van der Waals surface area contributed by atoms with E-state index in [1.54, 1.807) is 12.1 Å². The standard InChI is InChI=1S/C14H17FN4O/c1-4-16-13-9(2)14(18-8-17-13)19-10-5-6-11(15)12(7-10)20-3/h5-8H,4H2,1-3H3,(H2,16,17,18,19). The molecule has 0 spiro atoms. The summed E-state index contributed by atoms with van der Waals surface area (Å²) in [6.45, 7) is 4.70. The average molecular weight is 276 g/mol. The maximum absolute atomic E-state index is 13.4. The minimum Gasteiger partial charge on any atom is -0.494 e. The molecular formula is C14H17FN4O. The van der Waals surface area contributed by atoms with Gasteiger partial charge in [-0.05, 0) is 26.0 Å². The molecule has 0 aliphatic carbocycles. The predicted octanol–water partition coefficient (Wildman–Crippen LogP) is 3.11. The second kappa shape index (κ2) is 6.18. The van der Waals surface area contributed by atoms with Crippen molar-refractivity contribution >= 4 is 17.3 Å². The summed E-state index contributed by atoms with van der Waals surface area (Å²) in [5.41, 5.74) is 1.60. The molecular weight excluding hydrogens is 259 g/mol. The van der Waals surface area contributed by atoms with Gasteiger partial charge in [-0.2, -0.15) is 0 Å². The normalized spacial score (nSPS) is 10.2. The summed E-state index contributed by atoms with van der Waals surface area (Å²) in [7, 11) is 1.43. The molecule has 0 saturated heterocycles. The van der Waals surface area contributed by atoms with Crippen LogP contribution in [0.3, 0.4) is 0 Å². The third-order valence-electron chi connectivity index (χ3n) is 2.84. The molecule has 0 amide bonds. The van der Waals surface area contributed by atoms with Crippen molar-refractivity contribution in [2.24, 2.45) is 0 Å². The lowest BCUT2D eigenvalue weighted by atomic mass is 10.2. The number of methoxy groups -OCH3 is 1. The fourth-order valence-corrected chi connectivity index (χ4v) is 1.80. The summed E-state index contributed by atoms with van der Waals surface area (Å²) in [6.07, 6.45) is 1.48. The van der Waals surface area contributed by atoms with Crippen molar-refractivity contribution in [3.63, 3.8) is 0 Å². The third kappa shape index (κ3) is 2.96. The second-order valence-electron chi connectivity index (χ2n) is 4.20. The third-order valence-corrected chi connectivity index (χ3v) is 2.84. The van der Waals surface area contributed by atoms with Crippen molar-refractivity contribution in [1.29, 1.82) is 0 Å². The Balaban J connectivity index is 2.28. The Morgan fingerprint density at radius 3 is 2.70 bits per heavy atom. The number of ether oxygens (including phenoxy) is 1. The molecule has 6 heteroatoms. The smallest absolute Gasteiger partial charge is 0.165 e. The quantitative estimate of drug-likeness (QED) is 0.878. The summed E-state index contributed by atoms with van der Waals surface area (Å²) < 4.78 is 18.3. The Bertz CT molecular complexity index is 604. The van der Waals surface area contributed by atoms with Crippen molar-refractivity contribution in [3.05, 3.63) is 35.9 Å². The van der Waals surface area contributed by atoms with E-state index in [9.17, 15) is 4.39 Å². The highest BCUT2D eigenvalue weighted by atomic mass is 19.1. The maximum atomic E-state index is 13.4. The van der Waals surface area contributed by atoms with Gasteiger partial charge < -0.3 is 15.4 Å². The van der Waals surface area contributed by atoms with E-state index in [0.717, 1.165) is 17.9 Å². The van der Waals surface area contributed by atoms with Crippen LogP contribution in [0.15, 0.2) is 24.5 Å². The van der Waals surface area contributed by atoms with Gasteiger partial charge in [-0.25, -0.2) is 14.4 Å². The Morgan fingerprint density at radius 2 is 2.00 bits per heavy atom. The molecule has 2 aromatic rings.